The van der Waals surface area contributed by atoms with Gasteiger partial charge in [-0.05, 0) is 25.5 Å². The quantitative estimate of drug-likeness (QED) is 0.707. The summed E-state index contributed by atoms with van der Waals surface area (Å²) in [6.45, 7) is 4.90. The number of hydrogen-bond donors (Lipinski definition) is 0. The molecule has 0 aromatic carbocycles. The Labute approximate surface area is 118 Å². The number of hydrogen-bond acceptors (Lipinski definition) is 6. The highest BCUT2D eigenvalue weighted by Gasteiger charge is 2.13. The molecule has 1 aromatic heterocycles. The number of methoxy groups -OCH3 is 1. The summed E-state index contributed by atoms with van der Waals surface area (Å²) in [4.78, 5) is 28.9. The second kappa shape index (κ2) is 8.14. The molecular weight excluding hydrogens is 260 g/mol. The minimum Gasteiger partial charge on any atom is -0.468 e. The Balaban J connectivity index is 2.81. The minimum atomic E-state index is -0.401. The average Bonchev–Trinajstić information content (AvgIpc) is 2.47. The molecule has 0 spiro atoms. The molecule has 20 heavy (non-hydrogen) atoms. The molecule has 0 atom stereocenters. The number of nitrogens with zero attached hydrogens (tertiary/aromatic N) is 2. The van der Waals surface area contributed by atoms with Crippen molar-refractivity contribution >= 4 is 17.8 Å². The number of pyridine rings is 1. The molecule has 110 valence electrons. The molecule has 0 fully saturated rings. The van der Waals surface area contributed by atoms with Gasteiger partial charge < -0.3 is 14.4 Å². The van der Waals surface area contributed by atoms with Crippen molar-refractivity contribution in [2.24, 2.45) is 0 Å². The van der Waals surface area contributed by atoms with Crippen molar-refractivity contribution in [3.8, 4) is 0 Å². The van der Waals surface area contributed by atoms with Crippen molar-refractivity contribution in [1.29, 1.82) is 0 Å². The lowest BCUT2D eigenvalue weighted by molar-refractivity contribution is -0.138. The van der Waals surface area contributed by atoms with E-state index in [1.54, 1.807) is 24.0 Å². The number of ether oxygens (including phenoxy) is 2. The van der Waals surface area contributed by atoms with Crippen LogP contribution in [0.3, 0.4) is 0 Å². The van der Waals surface area contributed by atoms with Gasteiger partial charge in [0.2, 0.25) is 0 Å². The summed E-state index contributed by atoms with van der Waals surface area (Å²) >= 11 is 0. The fourth-order valence-corrected chi connectivity index (χ4v) is 1.67. The Kier molecular flexibility index (Phi) is 6.49. The Bertz CT molecular complexity index is 445. The molecule has 0 aliphatic carbocycles. The molecule has 0 unspecified atom stereocenters. The molecular formula is C14H20N2O4. The zero-order chi connectivity index (χ0) is 15.0. The molecule has 1 heterocycles. The average molecular weight is 280 g/mol. The summed E-state index contributed by atoms with van der Waals surface area (Å²) < 4.78 is 9.55. The third-order valence-electron chi connectivity index (χ3n) is 2.62. The van der Waals surface area contributed by atoms with Crippen LogP contribution in [-0.4, -0.2) is 43.7 Å². The first-order valence-corrected chi connectivity index (χ1v) is 6.57. The number of rotatable bonds is 7. The Morgan fingerprint density at radius 1 is 1.30 bits per heavy atom. The van der Waals surface area contributed by atoms with Crippen molar-refractivity contribution in [2.45, 2.75) is 20.3 Å². The molecule has 0 aliphatic heterocycles. The highest BCUT2D eigenvalue weighted by Crippen LogP contribution is 2.12. The van der Waals surface area contributed by atoms with Crippen LogP contribution in [0.2, 0.25) is 0 Å². The summed E-state index contributed by atoms with van der Waals surface area (Å²) in [6, 6.07) is 3.34. The smallest absolute Gasteiger partial charge is 0.339 e. The van der Waals surface area contributed by atoms with Crippen molar-refractivity contribution in [3.63, 3.8) is 0 Å². The van der Waals surface area contributed by atoms with Gasteiger partial charge in [0.1, 0.15) is 12.4 Å². The van der Waals surface area contributed by atoms with Gasteiger partial charge in [-0.25, -0.2) is 9.78 Å². The number of carbonyl (C=O) groups excluding carboxylic acids is 2. The fraction of sp³-hybridized carbons (Fsp3) is 0.500. The molecule has 6 nitrogen and oxygen atoms in total. The first kappa shape index (κ1) is 15.9. The van der Waals surface area contributed by atoms with E-state index >= 15 is 0 Å². The van der Waals surface area contributed by atoms with Gasteiger partial charge in [-0.1, -0.05) is 6.92 Å². The largest absolute Gasteiger partial charge is 0.468 e. The van der Waals surface area contributed by atoms with Gasteiger partial charge in [-0.2, -0.15) is 0 Å². The molecule has 0 bridgehead atoms. The van der Waals surface area contributed by atoms with Gasteiger partial charge in [-0.3, -0.25) is 4.79 Å². The highest BCUT2D eigenvalue weighted by atomic mass is 16.5. The Morgan fingerprint density at radius 2 is 2.05 bits per heavy atom. The lowest BCUT2D eigenvalue weighted by atomic mass is 10.2. The van der Waals surface area contributed by atoms with Crippen LogP contribution in [0.15, 0.2) is 18.3 Å². The Hall–Kier alpha value is -2.11. The third-order valence-corrected chi connectivity index (χ3v) is 2.62. The maximum Gasteiger partial charge on any atom is 0.339 e. The van der Waals surface area contributed by atoms with Crippen LogP contribution in [-0.2, 0) is 14.3 Å². The van der Waals surface area contributed by atoms with Gasteiger partial charge >= 0.3 is 11.9 Å². The number of carbonyl (C=O) groups is 2. The van der Waals surface area contributed by atoms with E-state index in [-0.39, 0.29) is 12.5 Å². The molecule has 0 saturated heterocycles. The van der Waals surface area contributed by atoms with Crippen LogP contribution >= 0.6 is 0 Å². The maximum atomic E-state index is 11.5. The number of esters is 2. The lowest BCUT2D eigenvalue weighted by Gasteiger charge is -2.21. The molecule has 1 rings (SSSR count). The first-order valence-electron chi connectivity index (χ1n) is 6.57. The Morgan fingerprint density at radius 3 is 2.55 bits per heavy atom. The van der Waals surface area contributed by atoms with Crippen molar-refractivity contribution in [2.75, 3.05) is 31.7 Å². The van der Waals surface area contributed by atoms with Crippen molar-refractivity contribution < 1.29 is 19.1 Å². The first-order chi connectivity index (χ1) is 9.62. The number of anilines is 1. The van der Waals surface area contributed by atoms with Crippen LogP contribution in [0.4, 0.5) is 5.82 Å². The van der Waals surface area contributed by atoms with Gasteiger partial charge in [0.25, 0.3) is 0 Å². The maximum absolute atomic E-state index is 11.5. The summed E-state index contributed by atoms with van der Waals surface area (Å²) in [6.07, 6.45) is 2.32. The second-order valence-corrected chi connectivity index (χ2v) is 4.12. The predicted octanol–water partition coefficient (Wildman–Crippen LogP) is 1.65. The van der Waals surface area contributed by atoms with Gasteiger partial charge in [0, 0.05) is 12.7 Å². The number of aromatic nitrogens is 1. The topological polar surface area (TPSA) is 68.7 Å². The molecule has 1 aromatic rings. The van der Waals surface area contributed by atoms with Crippen molar-refractivity contribution in [1.82, 2.24) is 4.98 Å². The van der Waals surface area contributed by atoms with Crippen LogP contribution < -0.4 is 4.90 Å². The monoisotopic (exact) mass is 280 g/mol. The van der Waals surface area contributed by atoms with Gasteiger partial charge in [0.15, 0.2) is 0 Å². The summed E-state index contributed by atoms with van der Waals surface area (Å²) in [5, 5.41) is 0. The minimum absolute atomic E-state index is 0.135. The van der Waals surface area contributed by atoms with Crippen LogP contribution in [0.25, 0.3) is 0 Å². The van der Waals surface area contributed by atoms with Crippen LogP contribution in [0.5, 0.6) is 0 Å². The standard InChI is InChI=1S/C14H20N2O4/c1-4-8-16(10-13(17)19-3)12-7-6-11(9-15-12)14(18)20-5-2/h6-7,9H,4-5,8,10H2,1-3H3. The van der Waals surface area contributed by atoms with E-state index < -0.39 is 5.97 Å². The highest BCUT2D eigenvalue weighted by molar-refractivity contribution is 5.89. The van der Waals surface area contributed by atoms with E-state index in [4.69, 9.17) is 4.74 Å². The van der Waals surface area contributed by atoms with Crippen LogP contribution in [0, 0.1) is 0 Å². The van der Waals surface area contributed by atoms with E-state index in [0.717, 1.165) is 6.42 Å². The SMILES string of the molecule is CCCN(CC(=O)OC)c1ccc(C(=O)OCC)cn1. The molecule has 0 N–H and O–H groups in total. The van der Waals surface area contributed by atoms with E-state index in [2.05, 4.69) is 9.72 Å². The predicted molar refractivity (Wildman–Crippen MR) is 74.7 cm³/mol. The van der Waals surface area contributed by atoms with Gasteiger partial charge in [-0.15, -0.1) is 0 Å². The fourth-order valence-electron chi connectivity index (χ4n) is 1.67. The third kappa shape index (κ3) is 4.53. The van der Waals surface area contributed by atoms with E-state index in [0.29, 0.717) is 24.5 Å². The van der Waals surface area contributed by atoms with Gasteiger partial charge in [0.05, 0.1) is 19.3 Å². The molecule has 6 heteroatoms. The zero-order valence-corrected chi connectivity index (χ0v) is 12.1. The van der Waals surface area contributed by atoms with E-state index in [9.17, 15) is 9.59 Å². The summed E-state index contributed by atoms with van der Waals surface area (Å²) in [5.41, 5.74) is 0.394. The van der Waals surface area contributed by atoms with Crippen molar-refractivity contribution in [3.05, 3.63) is 23.9 Å². The summed E-state index contributed by atoms with van der Waals surface area (Å²) in [5.74, 6) is -0.0958. The molecule has 0 radical (unpaired) electrons. The lowest BCUT2D eigenvalue weighted by Crippen LogP contribution is -2.31. The normalized spacial score (nSPS) is 9.95. The molecule has 0 saturated carbocycles. The van der Waals surface area contributed by atoms with E-state index in [1.165, 1.54) is 13.3 Å². The summed E-state index contributed by atoms with van der Waals surface area (Å²) in [7, 11) is 1.35. The second-order valence-electron chi connectivity index (χ2n) is 4.12. The van der Waals surface area contributed by atoms with E-state index in [1.807, 2.05) is 6.92 Å². The van der Waals surface area contributed by atoms with Crippen LogP contribution in [0.1, 0.15) is 30.6 Å². The molecule has 0 aliphatic rings. The molecule has 0 amide bonds. The zero-order valence-electron chi connectivity index (χ0n) is 12.1.